The van der Waals surface area contributed by atoms with Crippen LogP contribution in [-0.2, 0) is 29.1 Å². The molecule has 246 valence electrons. The van der Waals surface area contributed by atoms with Gasteiger partial charge in [0.1, 0.15) is 24.1 Å². The van der Waals surface area contributed by atoms with Crippen LogP contribution < -0.4 is 10.1 Å². The van der Waals surface area contributed by atoms with Gasteiger partial charge in [-0.05, 0) is 48.0 Å². The Labute approximate surface area is 282 Å². The van der Waals surface area contributed by atoms with Gasteiger partial charge in [-0.1, -0.05) is 24.3 Å². The Balaban J connectivity index is 1.25. The summed E-state index contributed by atoms with van der Waals surface area (Å²) in [5, 5.41) is 23.4. The van der Waals surface area contributed by atoms with Crippen molar-refractivity contribution < 1.29 is 33.0 Å². The van der Waals surface area contributed by atoms with Crippen molar-refractivity contribution in [2.45, 2.75) is 25.7 Å². The SMILES string of the molecule is COC(Cn1c(Cc2ccc(-c3cccc(OCc4ccc(C#N)cc4F)n3)cc2F)nc2ccc(C(=O)O)cc21)C(=O)Nc1nccs1. The lowest BCUT2D eigenvalue weighted by Gasteiger charge is -2.18. The molecule has 0 aliphatic heterocycles. The molecule has 2 N–H and O–H groups in total. The monoisotopic (exact) mass is 680 g/mol. The first-order chi connectivity index (χ1) is 23.7. The van der Waals surface area contributed by atoms with Gasteiger partial charge in [-0.3, -0.25) is 10.1 Å². The Morgan fingerprint density at radius 2 is 1.86 bits per heavy atom. The zero-order valence-corrected chi connectivity index (χ0v) is 26.6. The van der Waals surface area contributed by atoms with Crippen molar-refractivity contribution >= 4 is 39.4 Å². The van der Waals surface area contributed by atoms with E-state index in [0.29, 0.717) is 38.8 Å². The Morgan fingerprint density at radius 1 is 1.04 bits per heavy atom. The van der Waals surface area contributed by atoms with Crippen LogP contribution in [-0.4, -0.2) is 49.7 Å². The van der Waals surface area contributed by atoms with E-state index in [1.165, 1.54) is 48.8 Å². The highest BCUT2D eigenvalue weighted by Crippen LogP contribution is 2.27. The van der Waals surface area contributed by atoms with E-state index in [-0.39, 0.29) is 42.1 Å². The molecule has 14 heteroatoms. The van der Waals surface area contributed by atoms with Crippen LogP contribution in [0.1, 0.15) is 32.9 Å². The molecule has 0 saturated carbocycles. The summed E-state index contributed by atoms with van der Waals surface area (Å²) in [6, 6.07) is 20.0. The number of carboxylic acid groups (broad SMARTS) is 1. The number of aromatic carboxylic acids is 1. The van der Waals surface area contributed by atoms with Crippen LogP contribution in [0.4, 0.5) is 13.9 Å². The number of carbonyl (C=O) groups is 2. The largest absolute Gasteiger partial charge is 0.478 e. The lowest BCUT2D eigenvalue weighted by molar-refractivity contribution is -0.126. The molecule has 0 radical (unpaired) electrons. The molecule has 0 spiro atoms. The minimum absolute atomic E-state index is 0.0144. The van der Waals surface area contributed by atoms with Gasteiger partial charge in [-0.15, -0.1) is 11.3 Å². The third-order valence-electron chi connectivity index (χ3n) is 7.64. The number of rotatable bonds is 12. The molecular weight excluding hydrogens is 654 g/mol. The number of thiazole rings is 1. The minimum Gasteiger partial charge on any atom is -0.478 e. The summed E-state index contributed by atoms with van der Waals surface area (Å²) >= 11 is 1.25. The number of nitriles is 1. The number of amides is 1. The summed E-state index contributed by atoms with van der Waals surface area (Å²) < 4.78 is 42.8. The second kappa shape index (κ2) is 14.4. The van der Waals surface area contributed by atoms with Crippen LogP contribution in [0, 0.1) is 23.0 Å². The number of aromatic nitrogens is 4. The summed E-state index contributed by atoms with van der Waals surface area (Å²) in [7, 11) is 1.38. The predicted octanol–water partition coefficient (Wildman–Crippen LogP) is 6.23. The van der Waals surface area contributed by atoms with E-state index in [4.69, 9.17) is 14.7 Å². The number of hydrogen-bond acceptors (Lipinski definition) is 9. The van der Waals surface area contributed by atoms with Crippen molar-refractivity contribution in [3.8, 4) is 23.2 Å². The van der Waals surface area contributed by atoms with Crippen molar-refractivity contribution in [2.24, 2.45) is 0 Å². The summed E-state index contributed by atoms with van der Waals surface area (Å²) in [4.78, 5) is 38.0. The van der Waals surface area contributed by atoms with E-state index >= 15 is 4.39 Å². The first kappa shape index (κ1) is 32.9. The van der Waals surface area contributed by atoms with Gasteiger partial charge in [0, 0.05) is 42.3 Å². The van der Waals surface area contributed by atoms with Gasteiger partial charge in [-0.2, -0.15) is 5.26 Å². The number of imidazole rings is 1. The third kappa shape index (κ3) is 7.43. The molecule has 0 aliphatic carbocycles. The predicted molar refractivity (Wildman–Crippen MR) is 176 cm³/mol. The van der Waals surface area contributed by atoms with E-state index in [2.05, 4.69) is 20.3 Å². The molecule has 3 heterocycles. The van der Waals surface area contributed by atoms with Crippen LogP contribution in [0.25, 0.3) is 22.3 Å². The average molecular weight is 681 g/mol. The molecule has 0 bridgehead atoms. The van der Waals surface area contributed by atoms with Gasteiger partial charge < -0.3 is 19.1 Å². The second-order valence-electron chi connectivity index (χ2n) is 10.7. The van der Waals surface area contributed by atoms with Crippen molar-refractivity contribution in [1.29, 1.82) is 5.26 Å². The van der Waals surface area contributed by atoms with E-state index < -0.39 is 29.6 Å². The van der Waals surface area contributed by atoms with Gasteiger partial charge in [0.25, 0.3) is 5.91 Å². The van der Waals surface area contributed by atoms with E-state index in [9.17, 15) is 19.1 Å². The quantitative estimate of drug-likeness (QED) is 0.153. The van der Waals surface area contributed by atoms with Gasteiger partial charge >= 0.3 is 5.97 Å². The molecule has 1 unspecified atom stereocenters. The Bertz CT molecular complexity index is 2220. The van der Waals surface area contributed by atoms with Crippen molar-refractivity contribution in [3.63, 3.8) is 0 Å². The molecule has 3 aromatic heterocycles. The molecular formula is C35H26F2N6O5S. The van der Waals surface area contributed by atoms with Gasteiger partial charge in [0.05, 0.1) is 40.5 Å². The topological polar surface area (TPSA) is 152 Å². The molecule has 6 aromatic rings. The number of hydrogen-bond donors (Lipinski definition) is 2. The Kier molecular flexibility index (Phi) is 9.65. The maximum atomic E-state index is 15.7. The summed E-state index contributed by atoms with van der Waals surface area (Å²) in [6.07, 6.45) is 0.564. The molecule has 11 nitrogen and oxygen atoms in total. The fourth-order valence-electron chi connectivity index (χ4n) is 5.11. The number of nitrogens with zero attached hydrogens (tertiary/aromatic N) is 5. The molecule has 0 fully saturated rings. The molecule has 49 heavy (non-hydrogen) atoms. The van der Waals surface area contributed by atoms with Crippen LogP contribution in [0.15, 0.2) is 84.4 Å². The maximum absolute atomic E-state index is 15.7. The summed E-state index contributed by atoms with van der Waals surface area (Å²) in [5.41, 5.74) is 2.57. The number of benzene rings is 3. The van der Waals surface area contributed by atoms with Crippen LogP contribution >= 0.6 is 11.3 Å². The van der Waals surface area contributed by atoms with Crippen molar-refractivity contribution in [2.75, 3.05) is 12.4 Å². The zero-order chi connectivity index (χ0) is 34.5. The minimum atomic E-state index is -1.13. The fourth-order valence-corrected chi connectivity index (χ4v) is 5.64. The number of carbonyl (C=O) groups excluding carboxylic acids is 1. The van der Waals surface area contributed by atoms with E-state index in [1.807, 2.05) is 6.07 Å². The molecule has 1 atom stereocenters. The maximum Gasteiger partial charge on any atom is 0.335 e. The first-order valence-electron chi connectivity index (χ1n) is 14.7. The van der Waals surface area contributed by atoms with Crippen LogP contribution in [0.2, 0.25) is 0 Å². The Hall–Kier alpha value is -6.04. The molecule has 3 aromatic carbocycles. The number of methoxy groups -OCH3 is 1. The van der Waals surface area contributed by atoms with E-state index in [1.54, 1.807) is 52.5 Å². The number of pyridine rings is 1. The van der Waals surface area contributed by atoms with Crippen LogP contribution in [0.5, 0.6) is 5.88 Å². The average Bonchev–Trinajstić information content (AvgIpc) is 3.74. The Morgan fingerprint density at radius 3 is 2.57 bits per heavy atom. The first-order valence-corrected chi connectivity index (χ1v) is 15.6. The van der Waals surface area contributed by atoms with Gasteiger partial charge in [-0.25, -0.2) is 28.5 Å². The highest BCUT2D eigenvalue weighted by atomic mass is 32.1. The molecule has 6 rings (SSSR count). The number of ether oxygens (including phenoxy) is 2. The number of carboxylic acids is 1. The summed E-state index contributed by atoms with van der Waals surface area (Å²) in [5.74, 6) is -2.12. The number of nitrogens with one attached hydrogen (secondary N) is 1. The lowest BCUT2D eigenvalue weighted by Crippen LogP contribution is -2.34. The number of halogens is 2. The standard InChI is InChI=1S/C35H26F2N6O5S/c1-47-30(33(44)42-35-39-11-12-49-35)18-43-29-15-23(34(45)46)9-10-28(29)40-31(43)16-21-7-8-22(14-26(21)37)27-3-2-4-32(41-27)48-19-24-6-5-20(17-38)13-25(24)36/h2-15,30H,16,18-19H2,1H3,(H,45,46)(H,39,42,44). The number of anilines is 1. The summed E-state index contributed by atoms with van der Waals surface area (Å²) in [6.45, 7) is -0.155. The lowest BCUT2D eigenvalue weighted by atomic mass is 10.1. The third-order valence-corrected chi connectivity index (χ3v) is 8.33. The second-order valence-corrected chi connectivity index (χ2v) is 11.6. The molecule has 0 aliphatic rings. The highest BCUT2D eigenvalue weighted by molar-refractivity contribution is 7.13. The van der Waals surface area contributed by atoms with E-state index in [0.717, 1.165) is 6.07 Å². The molecule has 1 amide bonds. The van der Waals surface area contributed by atoms with Crippen molar-refractivity contribution in [1.82, 2.24) is 19.5 Å². The number of fused-ring (bicyclic) bond motifs is 1. The smallest absolute Gasteiger partial charge is 0.335 e. The fraction of sp³-hybridized carbons (Fsp3) is 0.143. The molecule has 0 saturated heterocycles. The van der Waals surface area contributed by atoms with Gasteiger partial charge in [0.2, 0.25) is 5.88 Å². The zero-order valence-electron chi connectivity index (χ0n) is 25.8. The van der Waals surface area contributed by atoms with Crippen molar-refractivity contribution in [3.05, 3.63) is 124 Å². The van der Waals surface area contributed by atoms with Crippen LogP contribution in [0.3, 0.4) is 0 Å². The van der Waals surface area contributed by atoms with Gasteiger partial charge in [0.15, 0.2) is 11.2 Å². The normalized spacial score (nSPS) is 11.6. The highest BCUT2D eigenvalue weighted by Gasteiger charge is 2.24.